The summed E-state index contributed by atoms with van der Waals surface area (Å²) in [7, 11) is 0. The maximum atomic E-state index is 11.9. The Morgan fingerprint density at radius 3 is 2.52 bits per heavy atom. The number of Topliss-reactive ketones (excluding diaryl/α,β-unsaturated/α-hetero) is 1. The van der Waals surface area contributed by atoms with Gasteiger partial charge in [0.15, 0.2) is 12.4 Å². The van der Waals surface area contributed by atoms with Gasteiger partial charge in [-0.3, -0.25) is 9.59 Å². The van der Waals surface area contributed by atoms with Crippen LogP contribution in [0.1, 0.15) is 43.6 Å². The van der Waals surface area contributed by atoms with Gasteiger partial charge >= 0.3 is 0 Å². The van der Waals surface area contributed by atoms with Gasteiger partial charge in [0.25, 0.3) is 5.91 Å². The molecule has 1 N–H and O–H groups in total. The van der Waals surface area contributed by atoms with Crippen molar-refractivity contribution < 1.29 is 14.3 Å². The molecule has 6 nitrogen and oxygen atoms in total. The zero-order valence-corrected chi connectivity index (χ0v) is 13.6. The van der Waals surface area contributed by atoms with E-state index in [1.807, 2.05) is 20.8 Å². The van der Waals surface area contributed by atoms with Crippen molar-refractivity contribution in [3.63, 3.8) is 0 Å². The largest absolute Gasteiger partial charge is 0.484 e. The predicted octanol–water partition coefficient (Wildman–Crippen LogP) is 3.07. The van der Waals surface area contributed by atoms with E-state index in [2.05, 4.69) is 10.4 Å². The van der Waals surface area contributed by atoms with Gasteiger partial charge in [0, 0.05) is 24.1 Å². The van der Waals surface area contributed by atoms with Crippen LogP contribution in [0.5, 0.6) is 5.75 Å². The minimum atomic E-state index is -0.263. The molecule has 23 heavy (non-hydrogen) atoms. The van der Waals surface area contributed by atoms with Gasteiger partial charge in [-0.15, -0.1) is 0 Å². The smallest absolute Gasteiger partial charge is 0.263 e. The van der Waals surface area contributed by atoms with Crippen molar-refractivity contribution in [3.05, 3.63) is 42.1 Å². The Kier molecular flexibility index (Phi) is 5.51. The van der Waals surface area contributed by atoms with E-state index in [9.17, 15) is 9.59 Å². The van der Waals surface area contributed by atoms with Gasteiger partial charge in [0.2, 0.25) is 0 Å². The zero-order valence-electron chi connectivity index (χ0n) is 13.6. The van der Waals surface area contributed by atoms with E-state index in [1.54, 1.807) is 41.2 Å². The first-order chi connectivity index (χ1) is 11.0. The second-order valence-electron chi connectivity index (χ2n) is 5.39. The molecule has 1 heterocycles. The summed E-state index contributed by atoms with van der Waals surface area (Å²) in [6, 6.07) is 8.68. The SMILES string of the molecule is CCC(=O)c1ccc(OCC(=O)Nc2ccnn2C(C)C)cc1. The van der Waals surface area contributed by atoms with Crippen LogP contribution in [0.25, 0.3) is 0 Å². The van der Waals surface area contributed by atoms with E-state index in [-0.39, 0.29) is 24.3 Å². The number of carbonyl (C=O) groups excluding carboxylic acids is 2. The number of carbonyl (C=O) groups is 2. The second-order valence-corrected chi connectivity index (χ2v) is 5.39. The molecule has 0 aliphatic carbocycles. The summed E-state index contributed by atoms with van der Waals surface area (Å²) in [5.41, 5.74) is 0.644. The lowest BCUT2D eigenvalue weighted by Gasteiger charge is -2.12. The van der Waals surface area contributed by atoms with E-state index in [0.29, 0.717) is 23.6 Å². The van der Waals surface area contributed by atoms with E-state index >= 15 is 0 Å². The molecule has 0 unspecified atom stereocenters. The van der Waals surface area contributed by atoms with Crippen LogP contribution in [0.15, 0.2) is 36.5 Å². The van der Waals surface area contributed by atoms with Gasteiger partial charge in [-0.05, 0) is 38.1 Å². The maximum absolute atomic E-state index is 11.9. The average Bonchev–Trinajstić information content (AvgIpc) is 3.01. The minimum Gasteiger partial charge on any atom is -0.484 e. The molecule has 0 fully saturated rings. The molecule has 0 spiro atoms. The van der Waals surface area contributed by atoms with Gasteiger partial charge in [-0.2, -0.15) is 5.10 Å². The first-order valence-electron chi connectivity index (χ1n) is 7.60. The second kappa shape index (κ2) is 7.58. The molecule has 0 aliphatic rings. The zero-order chi connectivity index (χ0) is 16.8. The van der Waals surface area contributed by atoms with Gasteiger partial charge in [-0.25, -0.2) is 4.68 Å². The van der Waals surface area contributed by atoms with E-state index in [1.165, 1.54) is 0 Å². The van der Waals surface area contributed by atoms with Crippen molar-refractivity contribution in [1.29, 1.82) is 0 Å². The Balaban J connectivity index is 1.89. The standard InChI is InChI=1S/C17H21N3O3/c1-4-15(21)13-5-7-14(8-6-13)23-11-17(22)19-16-9-10-18-20(16)12(2)3/h5-10,12H,4,11H2,1-3H3,(H,19,22). The maximum Gasteiger partial charge on any atom is 0.263 e. The van der Waals surface area contributed by atoms with Crippen molar-refractivity contribution in [2.45, 2.75) is 33.2 Å². The Morgan fingerprint density at radius 2 is 1.91 bits per heavy atom. The van der Waals surface area contributed by atoms with Crippen molar-refractivity contribution >= 4 is 17.5 Å². The van der Waals surface area contributed by atoms with E-state index in [0.717, 1.165) is 0 Å². The molecule has 0 atom stereocenters. The van der Waals surface area contributed by atoms with Crippen LogP contribution in [0.3, 0.4) is 0 Å². The number of hydrogen-bond donors (Lipinski definition) is 1. The molecule has 2 aromatic rings. The number of ketones is 1. The van der Waals surface area contributed by atoms with Crippen LogP contribution in [0, 0.1) is 0 Å². The monoisotopic (exact) mass is 315 g/mol. The van der Waals surface area contributed by atoms with Crippen LogP contribution >= 0.6 is 0 Å². The molecule has 122 valence electrons. The van der Waals surface area contributed by atoms with Crippen LogP contribution in [-0.4, -0.2) is 28.1 Å². The van der Waals surface area contributed by atoms with E-state index < -0.39 is 0 Å². The molecule has 0 saturated heterocycles. The summed E-state index contributed by atoms with van der Waals surface area (Å²) in [5, 5.41) is 6.91. The van der Waals surface area contributed by atoms with Gasteiger partial charge in [-0.1, -0.05) is 6.92 Å². The molecule has 0 radical (unpaired) electrons. The lowest BCUT2D eigenvalue weighted by Crippen LogP contribution is -2.22. The Bertz CT molecular complexity index is 675. The summed E-state index contributed by atoms with van der Waals surface area (Å²) in [6.45, 7) is 5.68. The molecule has 0 aliphatic heterocycles. The third kappa shape index (κ3) is 4.42. The van der Waals surface area contributed by atoms with Gasteiger partial charge < -0.3 is 10.1 Å². The summed E-state index contributed by atoms with van der Waals surface area (Å²) in [5.74, 6) is 1.00. The topological polar surface area (TPSA) is 73.2 Å². The van der Waals surface area contributed by atoms with Crippen LogP contribution in [-0.2, 0) is 4.79 Å². The van der Waals surface area contributed by atoms with Crippen LogP contribution < -0.4 is 10.1 Å². The third-order valence-corrected chi connectivity index (χ3v) is 3.29. The molecule has 1 amide bonds. The normalized spacial score (nSPS) is 10.6. The highest BCUT2D eigenvalue weighted by Gasteiger charge is 2.10. The number of amides is 1. The van der Waals surface area contributed by atoms with Crippen molar-refractivity contribution in [2.24, 2.45) is 0 Å². The average molecular weight is 315 g/mol. The predicted molar refractivity (Wildman–Crippen MR) is 87.8 cm³/mol. The molecule has 2 rings (SSSR count). The fourth-order valence-electron chi connectivity index (χ4n) is 2.09. The number of rotatable bonds is 7. The number of ether oxygens (including phenoxy) is 1. The van der Waals surface area contributed by atoms with Gasteiger partial charge in [0.1, 0.15) is 11.6 Å². The molecule has 0 bridgehead atoms. The molecule has 1 aromatic heterocycles. The Hall–Kier alpha value is -2.63. The molecule has 6 heteroatoms. The highest BCUT2D eigenvalue weighted by Crippen LogP contribution is 2.15. The number of nitrogens with zero attached hydrogens (tertiary/aromatic N) is 2. The highest BCUT2D eigenvalue weighted by atomic mass is 16.5. The molecular formula is C17H21N3O3. The van der Waals surface area contributed by atoms with Crippen molar-refractivity contribution in [2.75, 3.05) is 11.9 Å². The van der Waals surface area contributed by atoms with Crippen LogP contribution in [0.4, 0.5) is 5.82 Å². The van der Waals surface area contributed by atoms with Gasteiger partial charge in [0.05, 0.1) is 6.20 Å². The van der Waals surface area contributed by atoms with Crippen LogP contribution in [0.2, 0.25) is 0 Å². The minimum absolute atomic E-state index is 0.0799. The molecule has 1 aromatic carbocycles. The lowest BCUT2D eigenvalue weighted by atomic mass is 10.1. The quantitative estimate of drug-likeness (QED) is 0.797. The Labute approximate surface area is 135 Å². The third-order valence-electron chi connectivity index (χ3n) is 3.29. The summed E-state index contributed by atoms with van der Waals surface area (Å²) >= 11 is 0. The fraction of sp³-hybridized carbons (Fsp3) is 0.353. The van der Waals surface area contributed by atoms with Crippen molar-refractivity contribution in [1.82, 2.24) is 9.78 Å². The molecular weight excluding hydrogens is 294 g/mol. The number of anilines is 1. The first-order valence-corrected chi connectivity index (χ1v) is 7.60. The summed E-state index contributed by atoms with van der Waals surface area (Å²) < 4.78 is 7.16. The number of benzene rings is 1. The number of hydrogen-bond acceptors (Lipinski definition) is 4. The highest BCUT2D eigenvalue weighted by molar-refractivity contribution is 5.96. The van der Waals surface area contributed by atoms with Crippen molar-refractivity contribution in [3.8, 4) is 5.75 Å². The summed E-state index contributed by atoms with van der Waals surface area (Å²) in [6.07, 6.45) is 2.10. The summed E-state index contributed by atoms with van der Waals surface area (Å²) in [4.78, 5) is 23.5. The lowest BCUT2D eigenvalue weighted by molar-refractivity contribution is -0.118. The number of nitrogens with one attached hydrogen (secondary N) is 1. The Morgan fingerprint density at radius 1 is 1.22 bits per heavy atom. The fourth-order valence-corrected chi connectivity index (χ4v) is 2.09. The number of aromatic nitrogens is 2. The van der Waals surface area contributed by atoms with E-state index in [4.69, 9.17) is 4.74 Å². The molecule has 0 saturated carbocycles. The first kappa shape index (κ1) is 16.7.